The maximum absolute atomic E-state index is 10.5. The minimum absolute atomic E-state index is 0.299. The monoisotopic (exact) mass is 348 g/mol. The van der Waals surface area contributed by atoms with Gasteiger partial charge in [-0.05, 0) is 48.5 Å². The fourth-order valence-corrected chi connectivity index (χ4v) is 3.84. The zero-order chi connectivity index (χ0) is 17.8. The molecular weight excluding hydrogens is 324 g/mol. The van der Waals surface area contributed by atoms with Crippen molar-refractivity contribution in [3.05, 3.63) is 72.6 Å². The van der Waals surface area contributed by atoms with Gasteiger partial charge in [0.05, 0.1) is 0 Å². The molecule has 0 bridgehead atoms. The van der Waals surface area contributed by atoms with Crippen LogP contribution in [0.4, 0.5) is 0 Å². The summed E-state index contributed by atoms with van der Waals surface area (Å²) in [7, 11) is 0. The first-order valence-electron chi connectivity index (χ1n) is 9.24. The van der Waals surface area contributed by atoms with E-state index in [0.29, 0.717) is 19.2 Å². The molecule has 4 heteroatoms. The minimum Gasteiger partial charge on any atom is -0.490 e. The number of β-amino-alcohol motifs (C(OH)–C–C–N with tert-alkyl or cyclic N) is 1. The van der Waals surface area contributed by atoms with Crippen LogP contribution in [-0.2, 0) is 0 Å². The van der Waals surface area contributed by atoms with Gasteiger partial charge in [-0.1, -0.05) is 36.4 Å². The van der Waals surface area contributed by atoms with Crippen LogP contribution in [-0.4, -0.2) is 40.8 Å². The van der Waals surface area contributed by atoms with Crippen molar-refractivity contribution in [1.82, 2.24) is 9.88 Å². The maximum Gasteiger partial charge on any atom is 0.127 e. The fourth-order valence-electron chi connectivity index (χ4n) is 3.84. The Labute approximate surface area is 154 Å². The molecule has 2 atom stereocenters. The Balaban J connectivity index is 1.38. The Kier molecular flexibility index (Phi) is 5.14. The van der Waals surface area contributed by atoms with E-state index in [1.165, 1.54) is 5.56 Å². The van der Waals surface area contributed by atoms with Gasteiger partial charge in [-0.3, -0.25) is 9.88 Å². The van der Waals surface area contributed by atoms with E-state index in [-0.39, 0.29) is 0 Å². The van der Waals surface area contributed by atoms with Gasteiger partial charge in [0, 0.05) is 30.4 Å². The van der Waals surface area contributed by atoms with Gasteiger partial charge in [-0.2, -0.15) is 0 Å². The number of fused-ring (bicyclic) bond motifs is 1. The second kappa shape index (κ2) is 7.85. The molecule has 0 aliphatic carbocycles. The standard InChI is InChI=1S/C22H24N2O2/c25-19(15-24-14-4-8-21(24)18-10-12-23-13-11-18)16-26-22-9-3-6-17-5-1-2-7-20(17)22/h1-3,5-7,9-13,19,21,25H,4,8,14-16H2. The molecule has 2 unspecified atom stereocenters. The first-order valence-corrected chi connectivity index (χ1v) is 9.24. The van der Waals surface area contributed by atoms with Crippen molar-refractivity contribution in [2.75, 3.05) is 19.7 Å². The van der Waals surface area contributed by atoms with Gasteiger partial charge in [-0.15, -0.1) is 0 Å². The number of aliphatic hydroxyl groups is 1. The predicted molar refractivity (Wildman–Crippen MR) is 103 cm³/mol. The van der Waals surface area contributed by atoms with Crippen LogP contribution in [0.3, 0.4) is 0 Å². The van der Waals surface area contributed by atoms with E-state index in [0.717, 1.165) is 35.9 Å². The van der Waals surface area contributed by atoms with Crippen molar-refractivity contribution < 1.29 is 9.84 Å². The number of hydrogen-bond donors (Lipinski definition) is 1. The van der Waals surface area contributed by atoms with Crippen LogP contribution < -0.4 is 4.74 Å². The van der Waals surface area contributed by atoms with E-state index in [2.05, 4.69) is 40.2 Å². The molecule has 134 valence electrons. The number of rotatable bonds is 6. The molecule has 1 N–H and O–H groups in total. The lowest BCUT2D eigenvalue weighted by atomic mass is 10.1. The Hall–Kier alpha value is -2.43. The lowest BCUT2D eigenvalue weighted by molar-refractivity contribution is 0.0643. The molecular formula is C22H24N2O2. The largest absolute Gasteiger partial charge is 0.490 e. The van der Waals surface area contributed by atoms with Gasteiger partial charge >= 0.3 is 0 Å². The van der Waals surface area contributed by atoms with Crippen molar-refractivity contribution in [3.8, 4) is 5.75 Å². The molecule has 1 saturated heterocycles. The number of ether oxygens (including phenoxy) is 1. The highest BCUT2D eigenvalue weighted by molar-refractivity contribution is 5.88. The maximum atomic E-state index is 10.5. The zero-order valence-electron chi connectivity index (χ0n) is 14.8. The Morgan fingerprint density at radius 3 is 2.77 bits per heavy atom. The van der Waals surface area contributed by atoms with Gasteiger partial charge in [0.15, 0.2) is 0 Å². The quantitative estimate of drug-likeness (QED) is 0.736. The summed E-state index contributed by atoms with van der Waals surface area (Å²) < 4.78 is 5.95. The van der Waals surface area contributed by atoms with Crippen LogP contribution in [0.2, 0.25) is 0 Å². The third kappa shape index (κ3) is 3.71. The van der Waals surface area contributed by atoms with E-state index in [1.807, 2.05) is 36.7 Å². The lowest BCUT2D eigenvalue weighted by Gasteiger charge is -2.27. The molecule has 1 aliphatic heterocycles. The van der Waals surface area contributed by atoms with Gasteiger partial charge in [0.25, 0.3) is 0 Å². The number of likely N-dealkylation sites (tertiary alicyclic amines) is 1. The van der Waals surface area contributed by atoms with Crippen molar-refractivity contribution in [2.24, 2.45) is 0 Å². The average molecular weight is 348 g/mol. The predicted octanol–water partition coefficient (Wildman–Crippen LogP) is 3.81. The summed E-state index contributed by atoms with van der Waals surface area (Å²) in [6, 6.07) is 18.7. The molecule has 3 aromatic rings. The van der Waals surface area contributed by atoms with Crippen LogP contribution in [0.15, 0.2) is 67.0 Å². The molecule has 2 heterocycles. The summed E-state index contributed by atoms with van der Waals surface area (Å²) in [6.45, 7) is 1.93. The van der Waals surface area contributed by atoms with Crippen molar-refractivity contribution >= 4 is 10.8 Å². The Bertz CT molecular complexity index is 848. The van der Waals surface area contributed by atoms with Crippen molar-refractivity contribution in [1.29, 1.82) is 0 Å². The van der Waals surface area contributed by atoms with E-state index >= 15 is 0 Å². The highest BCUT2D eigenvalue weighted by Gasteiger charge is 2.27. The Morgan fingerprint density at radius 2 is 1.88 bits per heavy atom. The average Bonchev–Trinajstić information content (AvgIpc) is 3.15. The molecule has 0 radical (unpaired) electrons. The number of aromatic nitrogens is 1. The summed E-state index contributed by atoms with van der Waals surface area (Å²) in [5, 5.41) is 12.8. The summed E-state index contributed by atoms with van der Waals surface area (Å²) in [5.41, 5.74) is 1.28. The summed E-state index contributed by atoms with van der Waals surface area (Å²) in [4.78, 5) is 6.46. The van der Waals surface area contributed by atoms with Gasteiger partial charge in [-0.25, -0.2) is 0 Å². The fraction of sp³-hybridized carbons (Fsp3) is 0.318. The molecule has 1 aliphatic rings. The smallest absolute Gasteiger partial charge is 0.127 e. The van der Waals surface area contributed by atoms with E-state index in [4.69, 9.17) is 4.74 Å². The number of aliphatic hydroxyl groups excluding tert-OH is 1. The van der Waals surface area contributed by atoms with Crippen LogP contribution >= 0.6 is 0 Å². The lowest BCUT2D eigenvalue weighted by Crippen LogP contribution is -2.35. The molecule has 2 aromatic carbocycles. The van der Waals surface area contributed by atoms with Gasteiger partial charge < -0.3 is 9.84 Å². The number of pyridine rings is 1. The topological polar surface area (TPSA) is 45.6 Å². The Morgan fingerprint density at radius 1 is 1.08 bits per heavy atom. The molecule has 1 fully saturated rings. The first-order chi connectivity index (χ1) is 12.8. The van der Waals surface area contributed by atoms with E-state index in [1.54, 1.807) is 0 Å². The van der Waals surface area contributed by atoms with Crippen molar-refractivity contribution in [2.45, 2.75) is 25.0 Å². The molecule has 26 heavy (non-hydrogen) atoms. The van der Waals surface area contributed by atoms with Gasteiger partial charge in [0.2, 0.25) is 0 Å². The number of nitrogens with zero attached hydrogens (tertiary/aromatic N) is 2. The SMILES string of the molecule is OC(COc1cccc2ccccc12)CN1CCCC1c1ccncc1. The number of benzene rings is 2. The minimum atomic E-state index is -0.517. The highest BCUT2D eigenvalue weighted by atomic mass is 16.5. The van der Waals surface area contributed by atoms with Crippen LogP contribution in [0.25, 0.3) is 10.8 Å². The van der Waals surface area contributed by atoms with Gasteiger partial charge in [0.1, 0.15) is 18.5 Å². The zero-order valence-corrected chi connectivity index (χ0v) is 14.8. The van der Waals surface area contributed by atoms with Crippen LogP contribution in [0.1, 0.15) is 24.4 Å². The summed E-state index contributed by atoms with van der Waals surface area (Å²) in [6.07, 6.45) is 5.44. The molecule has 0 saturated carbocycles. The molecule has 4 nitrogen and oxygen atoms in total. The van der Waals surface area contributed by atoms with Crippen molar-refractivity contribution in [3.63, 3.8) is 0 Å². The summed E-state index contributed by atoms with van der Waals surface area (Å²) in [5.74, 6) is 0.828. The van der Waals surface area contributed by atoms with Crippen LogP contribution in [0, 0.1) is 0 Å². The third-order valence-electron chi connectivity index (χ3n) is 5.08. The van der Waals surface area contributed by atoms with E-state index < -0.39 is 6.10 Å². The third-order valence-corrected chi connectivity index (χ3v) is 5.08. The molecule has 0 amide bonds. The number of hydrogen-bond acceptors (Lipinski definition) is 4. The normalized spacial score (nSPS) is 18.9. The summed E-state index contributed by atoms with van der Waals surface area (Å²) >= 11 is 0. The molecule has 1 aromatic heterocycles. The first kappa shape index (κ1) is 17.0. The van der Waals surface area contributed by atoms with E-state index in [9.17, 15) is 5.11 Å². The molecule has 4 rings (SSSR count). The highest BCUT2D eigenvalue weighted by Crippen LogP contribution is 2.31. The van der Waals surface area contributed by atoms with Crippen LogP contribution in [0.5, 0.6) is 5.75 Å². The second-order valence-electron chi connectivity index (χ2n) is 6.88. The second-order valence-corrected chi connectivity index (χ2v) is 6.88. The molecule has 0 spiro atoms.